The maximum Gasteiger partial charge on any atom is 0.270 e. The van der Waals surface area contributed by atoms with Gasteiger partial charge < -0.3 is 24.0 Å². The Balaban J connectivity index is 1.41. The van der Waals surface area contributed by atoms with Crippen molar-refractivity contribution in [2.24, 2.45) is 11.1 Å². The molecule has 3 aliphatic heterocycles. The first-order chi connectivity index (χ1) is 17.6. The zero-order valence-corrected chi connectivity index (χ0v) is 21.5. The van der Waals surface area contributed by atoms with Gasteiger partial charge in [-0.25, -0.2) is 0 Å². The van der Waals surface area contributed by atoms with Crippen LogP contribution in [0, 0.1) is 5.92 Å². The number of piperidine rings is 2. The number of hydrogen-bond acceptors (Lipinski definition) is 7. The fourth-order valence-electron chi connectivity index (χ4n) is 6.32. The Morgan fingerprint density at radius 1 is 1.08 bits per heavy atom. The van der Waals surface area contributed by atoms with Crippen molar-refractivity contribution in [3.63, 3.8) is 0 Å². The molecule has 0 radical (unpaired) electrons. The molecule has 1 aliphatic carbocycles. The summed E-state index contributed by atoms with van der Waals surface area (Å²) in [6, 6.07) is 5.88. The summed E-state index contributed by atoms with van der Waals surface area (Å²) in [6.07, 6.45) is 11.1. The van der Waals surface area contributed by atoms with Gasteiger partial charge in [0.25, 0.3) is 5.91 Å². The van der Waals surface area contributed by atoms with E-state index in [0.717, 1.165) is 87.9 Å². The van der Waals surface area contributed by atoms with Crippen molar-refractivity contribution in [2.45, 2.75) is 75.9 Å². The van der Waals surface area contributed by atoms with Crippen LogP contribution in [0.3, 0.4) is 0 Å². The van der Waals surface area contributed by atoms with E-state index in [1.807, 2.05) is 23.1 Å². The van der Waals surface area contributed by atoms with Crippen molar-refractivity contribution < 1.29 is 23.9 Å². The maximum absolute atomic E-state index is 14.1. The fourth-order valence-corrected chi connectivity index (χ4v) is 6.32. The van der Waals surface area contributed by atoms with Gasteiger partial charge >= 0.3 is 0 Å². The van der Waals surface area contributed by atoms with Crippen molar-refractivity contribution in [3.8, 4) is 11.5 Å². The van der Waals surface area contributed by atoms with Crippen LogP contribution < -0.4 is 9.47 Å². The van der Waals surface area contributed by atoms with Crippen LogP contribution in [0.15, 0.2) is 23.4 Å². The van der Waals surface area contributed by atoms with E-state index in [9.17, 15) is 9.59 Å². The summed E-state index contributed by atoms with van der Waals surface area (Å²) >= 11 is 0. The molecule has 0 N–H and O–H groups in total. The molecule has 196 valence electrons. The van der Waals surface area contributed by atoms with Gasteiger partial charge in [0.05, 0.1) is 25.5 Å². The van der Waals surface area contributed by atoms with Gasteiger partial charge in [-0.1, -0.05) is 5.16 Å². The number of hydrogen-bond donors (Lipinski definition) is 0. The van der Waals surface area contributed by atoms with E-state index in [1.54, 1.807) is 7.11 Å². The molecule has 3 heterocycles. The molecule has 1 saturated carbocycles. The van der Waals surface area contributed by atoms with Gasteiger partial charge in [-0.2, -0.15) is 0 Å². The van der Waals surface area contributed by atoms with E-state index in [2.05, 4.69) is 10.1 Å². The Hall–Kier alpha value is -2.61. The predicted octanol–water partition coefficient (Wildman–Crippen LogP) is 3.80. The minimum atomic E-state index is -1.03. The smallest absolute Gasteiger partial charge is 0.270 e. The highest BCUT2D eigenvalue weighted by Gasteiger charge is 2.55. The minimum Gasteiger partial charge on any atom is -0.493 e. The molecule has 1 aromatic carbocycles. The van der Waals surface area contributed by atoms with Gasteiger partial charge in [-0.3, -0.25) is 9.69 Å². The summed E-state index contributed by atoms with van der Waals surface area (Å²) in [4.78, 5) is 35.6. The van der Waals surface area contributed by atoms with Crippen molar-refractivity contribution in [1.29, 1.82) is 0 Å². The molecule has 0 bridgehead atoms. The Bertz CT molecular complexity index is 970. The van der Waals surface area contributed by atoms with Crippen LogP contribution in [0.25, 0.3) is 0 Å². The van der Waals surface area contributed by atoms with Crippen molar-refractivity contribution in [1.82, 2.24) is 9.80 Å². The lowest BCUT2D eigenvalue weighted by atomic mass is 9.76. The zero-order valence-electron chi connectivity index (χ0n) is 21.5. The van der Waals surface area contributed by atoms with Gasteiger partial charge in [0.1, 0.15) is 6.29 Å². The standard InChI is InChI=1S/C28H39N3O5/c1-34-25-12-11-21(18-26(25)35-23-9-3-4-10-23)24-19-28(36-29-24,27(33)31-14-5-2-6-15-31)22-8-7-13-30(20-22)16-17-32/h11-12,17-18,22-23H,2-10,13-16,19-20H2,1H3. The molecule has 0 spiro atoms. The lowest BCUT2D eigenvalue weighted by molar-refractivity contribution is -0.167. The number of oxime groups is 1. The van der Waals surface area contributed by atoms with Crippen LogP contribution in [0.5, 0.6) is 11.5 Å². The van der Waals surface area contributed by atoms with E-state index in [4.69, 9.17) is 14.3 Å². The molecular formula is C28H39N3O5. The van der Waals surface area contributed by atoms with Gasteiger partial charge in [0, 0.05) is 37.5 Å². The van der Waals surface area contributed by atoms with E-state index in [-0.39, 0.29) is 17.9 Å². The Labute approximate surface area is 213 Å². The van der Waals surface area contributed by atoms with E-state index >= 15 is 0 Å². The first-order valence-corrected chi connectivity index (χ1v) is 13.7. The Morgan fingerprint density at radius 3 is 2.64 bits per heavy atom. The van der Waals surface area contributed by atoms with Gasteiger partial charge in [0.2, 0.25) is 5.60 Å². The molecule has 4 aliphatic rings. The molecular weight excluding hydrogens is 458 g/mol. The molecule has 2 unspecified atom stereocenters. The summed E-state index contributed by atoms with van der Waals surface area (Å²) in [7, 11) is 1.66. The molecule has 3 fully saturated rings. The number of ether oxygens (including phenoxy) is 2. The van der Waals surface area contributed by atoms with Crippen LogP contribution in [0.1, 0.15) is 69.8 Å². The summed E-state index contributed by atoms with van der Waals surface area (Å²) < 4.78 is 11.9. The lowest BCUT2D eigenvalue weighted by Gasteiger charge is -2.42. The van der Waals surface area contributed by atoms with Crippen molar-refractivity contribution >= 4 is 17.9 Å². The zero-order chi connectivity index (χ0) is 25.0. The Kier molecular flexibility index (Phi) is 7.79. The third-order valence-corrected chi connectivity index (χ3v) is 8.34. The molecule has 0 aromatic heterocycles. The van der Waals surface area contributed by atoms with Crippen molar-refractivity contribution in [2.75, 3.05) is 39.8 Å². The highest BCUT2D eigenvalue weighted by Crippen LogP contribution is 2.41. The van der Waals surface area contributed by atoms with E-state index < -0.39 is 5.60 Å². The van der Waals surface area contributed by atoms with Gasteiger partial charge in [-0.05, 0) is 82.5 Å². The van der Waals surface area contributed by atoms with Crippen LogP contribution in [0.2, 0.25) is 0 Å². The summed E-state index contributed by atoms with van der Waals surface area (Å²) in [5.74, 6) is 1.46. The predicted molar refractivity (Wildman–Crippen MR) is 137 cm³/mol. The summed E-state index contributed by atoms with van der Waals surface area (Å²) in [6.45, 7) is 3.47. The third kappa shape index (κ3) is 5.10. The molecule has 2 saturated heterocycles. The largest absolute Gasteiger partial charge is 0.493 e. The Morgan fingerprint density at radius 2 is 1.89 bits per heavy atom. The number of carbonyl (C=O) groups is 2. The highest BCUT2D eigenvalue weighted by molar-refractivity contribution is 6.06. The first-order valence-electron chi connectivity index (χ1n) is 13.7. The number of methoxy groups -OCH3 is 1. The van der Waals surface area contributed by atoms with Crippen LogP contribution in [-0.4, -0.2) is 79.2 Å². The van der Waals surface area contributed by atoms with Crippen molar-refractivity contribution in [3.05, 3.63) is 23.8 Å². The first kappa shape index (κ1) is 25.1. The van der Waals surface area contributed by atoms with E-state index in [1.165, 1.54) is 12.8 Å². The topological polar surface area (TPSA) is 80.7 Å². The number of nitrogens with zero attached hydrogens (tertiary/aromatic N) is 3. The quantitative estimate of drug-likeness (QED) is 0.508. The number of likely N-dealkylation sites (tertiary alicyclic amines) is 2. The third-order valence-electron chi connectivity index (χ3n) is 8.34. The summed E-state index contributed by atoms with van der Waals surface area (Å²) in [5.41, 5.74) is 0.644. The second-order valence-corrected chi connectivity index (χ2v) is 10.7. The van der Waals surface area contributed by atoms with Gasteiger partial charge in [-0.15, -0.1) is 0 Å². The maximum atomic E-state index is 14.1. The van der Waals surface area contributed by atoms with Crippen LogP contribution in [0.4, 0.5) is 0 Å². The molecule has 36 heavy (non-hydrogen) atoms. The van der Waals surface area contributed by atoms with Gasteiger partial charge in [0.15, 0.2) is 11.5 Å². The SMILES string of the molecule is COc1ccc(C2=NOC(C(=O)N3CCCCC3)(C3CCCN(CC=O)C3)C2)cc1OC1CCCC1. The molecule has 2 atom stereocenters. The van der Waals surface area contributed by atoms with Crippen LogP contribution in [-0.2, 0) is 14.4 Å². The highest BCUT2D eigenvalue weighted by atomic mass is 16.7. The lowest BCUT2D eigenvalue weighted by Crippen LogP contribution is -2.58. The number of rotatable bonds is 8. The number of benzene rings is 1. The second-order valence-electron chi connectivity index (χ2n) is 10.7. The number of amides is 1. The monoisotopic (exact) mass is 497 g/mol. The fraction of sp³-hybridized carbons (Fsp3) is 0.679. The number of aldehydes is 1. The average molecular weight is 498 g/mol. The van der Waals surface area contributed by atoms with Crippen LogP contribution >= 0.6 is 0 Å². The normalized spacial score (nSPS) is 27.4. The number of carbonyl (C=O) groups excluding carboxylic acids is 2. The second kappa shape index (κ2) is 11.2. The average Bonchev–Trinajstić information content (AvgIpc) is 3.60. The molecule has 5 rings (SSSR count). The molecule has 8 nitrogen and oxygen atoms in total. The van der Waals surface area contributed by atoms with E-state index in [0.29, 0.717) is 25.3 Å². The molecule has 1 amide bonds. The molecule has 1 aromatic rings. The minimum absolute atomic E-state index is 0.0191. The molecule has 8 heteroatoms. The summed E-state index contributed by atoms with van der Waals surface area (Å²) in [5, 5.41) is 4.53.